The molecule has 9 nitrogen and oxygen atoms in total. The molecular weight excluding hydrogens is 454 g/mol. The summed E-state index contributed by atoms with van der Waals surface area (Å²) in [6.07, 6.45) is 2.87. The first-order valence-electron chi connectivity index (χ1n) is 11.8. The first kappa shape index (κ1) is 22.9. The molecule has 2 fully saturated rings. The third kappa shape index (κ3) is 4.84. The molecule has 2 aliphatic rings. The standard InChI is InChI=1S/C24H29N5O4S/c30-24(25-20-11-13-28(14-12-20)17-18-5-2-1-3-6-18)19-9-15-29(16-10-19)34(31,32)22-8-4-7-21-23(22)27-33-26-21/h1-8,19-20H,9-17H2,(H,25,30). The molecule has 0 bridgehead atoms. The number of amides is 1. The minimum atomic E-state index is -3.73. The van der Waals surface area contributed by atoms with Crippen LogP contribution in [0.4, 0.5) is 0 Å². The molecule has 1 amide bonds. The molecule has 5 rings (SSSR count). The summed E-state index contributed by atoms with van der Waals surface area (Å²) in [4.78, 5) is 15.4. The van der Waals surface area contributed by atoms with E-state index in [9.17, 15) is 13.2 Å². The number of nitrogens with one attached hydrogen (secondary N) is 1. The zero-order chi connectivity index (χ0) is 23.5. The fourth-order valence-corrected chi connectivity index (χ4v) is 6.49. The molecule has 0 aliphatic carbocycles. The molecule has 2 aliphatic heterocycles. The highest BCUT2D eigenvalue weighted by Crippen LogP contribution is 2.28. The van der Waals surface area contributed by atoms with Crippen molar-refractivity contribution in [2.75, 3.05) is 26.2 Å². The highest BCUT2D eigenvalue weighted by Gasteiger charge is 2.34. The monoisotopic (exact) mass is 483 g/mol. The second kappa shape index (κ2) is 9.81. The van der Waals surface area contributed by atoms with Gasteiger partial charge in [0.2, 0.25) is 15.9 Å². The number of benzene rings is 2. The molecule has 3 aromatic rings. The van der Waals surface area contributed by atoms with Gasteiger partial charge in [-0.1, -0.05) is 36.4 Å². The van der Waals surface area contributed by atoms with Gasteiger partial charge < -0.3 is 5.32 Å². The molecule has 34 heavy (non-hydrogen) atoms. The van der Waals surface area contributed by atoms with E-state index >= 15 is 0 Å². The zero-order valence-corrected chi connectivity index (χ0v) is 19.8. The lowest BCUT2D eigenvalue weighted by Gasteiger charge is -2.34. The largest absolute Gasteiger partial charge is 0.353 e. The Balaban J connectivity index is 1.11. The first-order chi connectivity index (χ1) is 16.5. The topological polar surface area (TPSA) is 109 Å². The van der Waals surface area contributed by atoms with Crippen LogP contribution in [0, 0.1) is 5.92 Å². The van der Waals surface area contributed by atoms with Gasteiger partial charge >= 0.3 is 0 Å². The van der Waals surface area contributed by atoms with Crippen LogP contribution in [0.3, 0.4) is 0 Å². The SMILES string of the molecule is O=C(NC1CCN(Cc2ccccc2)CC1)C1CCN(S(=O)(=O)c2cccc3nonc23)CC1. The molecule has 1 N–H and O–H groups in total. The average molecular weight is 484 g/mol. The van der Waals surface area contributed by atoms with Crippen LogP contribution in [-0.2, 0) is 21.4 Å². The maximum atomic E-state index is 13.2. The van der Waals surface area contributed by atoms with Gasteiger partial charge in [-0.3, -0.25) is 9.69 Å². The maximum Gasteiger partial charge on any atom is 0.245 e. The van der Waals surface area contributed by atoms with Gasteiger partial charge in [0, 0.05) is 44.7 Å². The molecular formula is C24H29N5O4S. The van der Waals surface area contributed by atoms with Gasteiger partial charge in [-0.15, -0.1) is 0 Å². The highest BCUT2D eigenvalue weighted by molar-refractivity contribution is 7.89. The predicted octanol–water partition coefficient (Wildman–Crippen LogP) is 2.40. The molecule has 0 atom stereocenters. The van der Waals surface area contributed by atoms with Crippen molar-refractivity contribution in [3.8, 4) is 0 Å². The molecule has 10 heteroatoms. The Labute approximate surface area is 199 Å². The third-order valence-electron chi connectivity index (χ3n) is 6.87. The van der Waals surface area contributed by atoms with Gasteiger partial charge in [-0.2, -0.15) is 4.31 Å². The minimum Gasteiger partial charge on any atom is -0.353 e. The van der Waals surface area contributed by atoms with Gasteiger partial charge in [0.05, 0.1) is 0 Å². The summed E-state index contributed by atoms with van der Waals surface area (Å²) in [5.74, 6) is -0.125. The van der Waals surface area contributed by atoms with Crippen molar-refractivity contribution in [1.29, 1.82) is 0 Å². The van der Waals surface area contributed by atoms with E-state index in [0.29, 0.717) is 31.4 Å². The summed E-state index contributed by atoms with van der Waals surface area (Å²) < 4.78 is 32.5. The van der Waals surface area contributed by atoms with Crippen molar-refractivity contribution < 1.29 is 17.8 Å². The van der Waals surface area contributed by atoms with Crippen molar-refractivity contribution in [3.05, 3.63) is 54.1 Å². The fourth-order valence-electron chi connectivity index (χ4n) is 4.88. The molecule has 3 heterocycles. The molecule has 180 valence electrons. The predicted molar refractivity (Wildman–Crippen MR) is 126 cm³/mol. The maximum absolute atomic E-state index is 13.2. The summed E-state index contributed by atoms with van der Waals surface area (Å²) in [5, 5.41) is 10.7. The van der Waals surface area contributed by atoms with Gasteiger partial charge in [-0.25, -0.2) is 13.0 Å². The second-order valence-electron chi connectivity index (χ2n) is 9.11. The van der Waals surface area contributed by atoms with Crippen molar-refractivity contribution in [1.82, 2.24) is 24.8 Å². The van der Waals surface area contributed by atoms with Crippen LogP contribution in [0.5, 0.6) is 0 Å². The Bertz CT molecular complexity index is 1230. The average Bonchev–Trinajstić information content (AvgIpc) is 3.35. The van der Waals surface area contributed by atoms with Gasteiger partial charge in [0.25, 0.3) is 0 Å². The van der Waals surface area contributed by atoms with Gasteiger partial charge in [-0.05, 0) is 53.7 Å². The first-order valence-corrected chi connectivity index (χ1v) is 13.2. The Morgan fingerprint density at radius 3 is 2.41 bits per heavy atom. The van der Waals surface area contributed by atoms with Crippen LogP contribution in [0.2, 0.25) is 0 Å². The van der Waals surface area contributed by atoms with Crippen molar-refractivity contribution in [2.45, 2.75) is 43.2 Å². The molecule has 2 aromatic carbocycles. The smallest absolute Gasteiger partial charge is 0.245 e. The van der Waals surface area contributed by atoms with Gasteiger partial charge in [0.1, 0.15) is 10.4 Å². The van der Waals surface area contributed by atoms with Crippen LogP contribution in [0.25, 0.3) is 11.0 Å². The second-order valence-corrected chi connectivity index (χ2v) is 11.0. The van der Waals surface area contributed by atoms with E-state index < -0.39 is 10.0 Å². The molecule has 0 saturated carbocycles. The fraction of sp³-hybridized carbons (Fsp3) is 0.458. The summed E-state index contributed by atoms with van der Waals surface area (Å²) in [7, 11) is -3.73. The Morgan fingerprint density at radius 1 is 0.941 bits per heavy atom. The number of fused-ring (bicyclic) bond motifs is 1. The van der Waals surface area contributed by atoms with Crippen LogP contribution in [0.15, 0.2) is 58.1 Å². The lowest BCUT2D eigenvalue weighted by Crippen LogP contribution is -2.48. The number of piperidine rings is 2. The lowest BCUT2D eigenvalue weighted by molar-refractivity contribution is -0.127. The van der Waals surface area contributed by atoms with Crippen molar-refractivity contribution in [2.24, 2.45) is 5.92 Å². The minimum absolute atomic E-state index is 0.0429. The highest BCUT2D eigenvalue weighted by atomic mass is 32.2. The Hall–Kier alpha value is -2.82. The number of carbonyl (C=O) groups is 1. The van der Waals surface area contributed by atoms with E-state index in [1.165, 1.54) is 15.9 Å². The summed E-state index contributed by atoms with van der Waals surface area (Å²) in [5.41, 5.74) is 1.95. The van der Waals surface area contributed by atoms with Crippen LogP contribution >= 0.6 is 0 Å². The lowest BCUT2D eigenvalue weighted by atomic mass is 9.95. The summed E-state index contributed by atoms with van der Waals surface area (Å²) in [6.45, 7) is 3.46. The number of rotatable bonds is 6. The number of aromatic nitrogens is 2. The number of hydrogen-bond acceptors (Lipinski definition) is 7. The molecule has 1 aromatic heterocycles. The van der Waals surface area contributed by atoms with Crippen molar-refractivity contribution in [3.63, 3.8) is 0 Å². The van der Waals surface area contributed by atoms with E-state index in [1.807, 2.05) is 6.07 Å². The van der Waals surface area contributed by atoms with E-state index in [4.69, 9.17) is 4.63 Å². The van der Waals surface area contributed by atoms with Crippen molar-refractivity contribution >= 4 is 27.0 Å². The number of carbonyl (C=O) groups excluding carboxylic acids is 1. The van der Waals surface area contributed by atoms with E-state index in [1.54, 1.807) is 12.1 Å². The summed E-state index contributed by atoms with van der Waals surface area (Å²) in [6, 6.07) is 15.4. The van der Waals surface area contributed by atoms with Gasteiger partial charge in [0.15, 0.2) is 5.52 Å². The van der Waals surface area contributed by atoms with E-state index in [0.717, 1.165) is 32.5 Å². The van der Waals surface area contributed by atoms with Crippen LogP contribution in [0.1, 0.15) is 31.2 Å². The Kier molecular flexibility index (Phi) is 6.62. The number of hydrogen-bond donors (Lipinski definition) is 1. The number of nitrogens with zero attached hydrogens (tertiary/aromatic N) is 4. The quantitative estimate of drug-likeness (QED) is 0.573. The molecule has 0 radical (unpaired) electrons. The van der Waals surface area contributed by atoms with E-state index in [2.05, 4.69) is 44.8 Å². The normalized spacial score (nSPS) is 19.4. The van der Waals surface area contributed by atoms with E-state index in [-0.39, 0.29) is 28.3 Å². The molecule has 2 saturated heterocycles. The third-order valence-corrected chi connectivity index (χ3v) is 8.80. The number of sulfonamides is 1. The Morgan fingerprint density at radius 2 is 1.68 bits per heavy atom. The van der Waals surface area contributed by atoms with Crippen LogP contribution < -0.4 is 5.32 Å². The zero-order valence-electron chi connectivity index (χ0n) is 19.0. The number of likely N-dealkylation sites (tertiary alicyclic amines) is 1. The van der Waals surface area contributed by atoms with Crippen LogP contribution in [-0.4, -0.2) is 66.1 Å². The molecule has 0 unspecified atom stereocenters. The summed E-state index contributed by atoms with van der Waals surface area (Å²) >= 11 is 0. The molecule has 0 spiro atoms.